The van der Waals surface area contributed by atoms with Gasteiger partial charge in [0.25, 0.3) is 0 Å². The van der Waals surface area contributed by atoms with E-state index in [2.05, 4.69) is 30.6 Å². The fourth-order valence-electron chi connectivity index (χ4n) is 2.53. The highest BCUT2D eigenvalue weighted by atomic mass is 15.3. The topological polar surface area (TPSA) is 110 Å². The number of H-pyrrole nitrogens is 1. The van der Waals surface area contributed by atoms with Crippen LogP contribution in [0, 0.1) is 0 Å². The Morgan fingerprint density at radius 2 is 2.17 bits per heavy atom. The largest absolute Gasteiger partial charge is 0.399 e. The number of benzene rings is 1. The fraction of sp³-hybridized carbons (Fsp3) is 0.125. The normalized spacial score (nSPS) is 11.0. The standard InChI is InChI=1S/C16H16N8/c1-2-24-9-12(7-19-24)20-16-21-14(10-4-3-5-11(17)6-10)13-8-18-23-15(13)22-16/h3-9H,2,17H2,1H3,(H2,18,20,21,22,23). The van der Waals surface area contributed by atoms with Gasteiger partial charge >= 0.3 is 0 Å². The van der Waals surface area contributed by atoms with Crippen LogP contribution in [0.3, 0.4) is 0 Å². The second kappa shape index (κ2) is 5.65. The van der Waals surface area contributed by atoms with Crippen LogP contribution in [0.1, 0.15) is 6.92 Å². The summed E-state index contributed by atoms with van der Waals surface area (Å²) >= 11 is 0. The molecule has 4 aromatic rings. The molecule has 0 amide bonds. The van der Waals surface area contributed by atoms with Crippen molar-refractivity contribution in [1.82, 2.24) is 29.9 Å². The third-order valence-corrected chi connectivity index (χ3v) is 3.68. The summed E-state index contributed by atoms with van der Waals surface area (Å²) in [6.07, 6.45) is 5.36. The van der Waals surface area contributed by atoms with E-state index in [1.165, 1.54) is 0 Å². The summed E-state index contributed by atoms with van der Waals surface area (Å²) in [5, 5.41) is 15.2. The zero-order valence-electron chi connectivity index (χ0n) is 13.1. The van der Waals surface area contributed by atoms with Gasteiger partial charge in [-0.2, -0.15) is 15.2 Å². The minimum Gasteiger partial charge on any atom is -0.399 e. The van der Waals surface area contributed by atoms with E-state index < -0.39 is 0 Å². The zero-order chi connectivity index (χ0) is 16.5. The number of nitrogens with two attached hydrogens (primary N) is 1. The van der Waals surface area contributed by atoms with Crippen molar-refractivity contribution >= 4 is 28.4 Å². The zero-order valence-corrected chi connectivity index (χ0v) is 13.1. The molecule has 0 radical (unpaired) electrons. The number of fused-ring (bicyclic) bond motifs is 1. The Hall–Kier alpha value is -3.42. The molecule has 0 spiro atoms. The van der Waals surface area contributed by atoms with Crippen LogP contribution in [0.15, 0.2) is 42.9 Å². The number of nitrogens with zero attached hydrogens (tertiary/aromatic N) is 5. The molecular formula is C16H16N8. The van der Waals surface area contributed by atoms with Crippen LogP contribution in [0.4, 0.5) is 17.3 Å². The van der Waals surface area contributed by atoms with E-state index in [1.807, 2.05) is 42.1 Å². The number of nitrogens with one attached hydrogen (secondary N) is 2. The first-order valence-electron chi connectivity index (χ1n) is 7.59. The average Bonchev–Trinajstić information content (AvgIpc) is 3.23. The lowest BCUT2D eigenvalue weighted by atomic mass is 10.1. The van der Waals surface area contributed by atoms with Crippen molar-refractivity contribution in [1.29, 1.82) is 0 Å². The Bertz CT molecular complexity index is 1000. The second-order valence-corrected chi connectivity index (χ2v) is 5.36. The molecule has 0 aliphatic rings. The molecule has 8 nitrogen and oxygen atoms in total. The van der Waals surface area contributed by atoms with Gasteiger partial charge in [0.2, 0.25) is 5.95 Å². The van der Waals surface area contributed by atoms with Gasteiger partial charge in [0.05, 0.1) is 29.2 Å². The lowest BCUT2D eigenvalue weighted by molar-refractivity contribution is 0.660. The summed E-state index contributed by atoms with van der Waals surface area (Å²) in [6.45, 7) is 2.83. The van der Waals surface area contributed by atoms with Crippen molar-refractivity contribution in [2.75, 3.05) is 11.1 Å². The highest BCUT2D eigenvalue weighted by Gasteiger charge is 2.12. The summed E-state index contributed by atoms with van der Waals surface area (Å²) in [6, 6.07) is 7.59. The first kappa shape index (κ1) is 14.2. The summed E-state index contributed by atoms with van der Waals surface area (Å²) in [4.78, 5) is 9.11. The SMILES string of the molecule is CCn1cc(Nc2nc(-c3cccc(N)c3)c3cn[nH]c3n2)cn1. The molecule has 0 aliphatic heterocycles. The predicted molar refractivity (Wildman–Crippen MR) is 92.7 cm³/mol. The summed E-state index contributed by atoms with van der Waals surface area (Å²) < 4.78 is 1.83. The smallest absolute Gasteiger partial charge is 0.229 e. The maximum absolute atomic E-state index is 5.90. The fourth-order valence-corrected chi connectivity index (χ4v) is 2.53. The summed E-state index contributed by atoms with van der Waals surface area (Å²) in [7, 11) is 0. The monoisotopic (exact) mass is 320 g/mol. The van der Waals surface area contributed by atoms with E-state index in [1.54, 1.807) is 12.4 Å². The van der Waals surface area contributed by atoms with E-state index in [-0.39, 0.29) is 0 Å². The molecule has 0 fully saturated rings. The van der Waals surface area contributed by atoms with Gasteiger partial charge in [0, 0.05) is 24.0 Å². The summed E-state index contributed by atoms with van der Waals surface area (Å²) in [5.41, 5.74) is 9.75. The van der Waals surface area contributed by atoms with Crippen molar-refractivity contribution in [2.24, 2.45) is 0 Å². The number of aromatic amines is 1. The Labute approximate surface area is 137 Å². The van der Waals surface area contributed by atoms with E-state index in [9.17, 15) is 0 Å². The Kier molecular flexibility index (Phi) is 3.34. The van der Waals surface area contributed by atoms with Crippen molar-refractivity contribution in [3.63, 3.8) is 0 Å². The third kappa shape index (κ3) is 2.54. The molecule has 1 aromatic carbocycles. The molecular weight excluding hydrogens is 304 g/mol. The third-order valence-electron chi connectivity index (χ3n) is 3.68. The van der Waals surface area contributed by atoms with Gasteiger partial charge in [-0.1, -0.05) is 12.1 Å². The number of anilines is 3. The van der Waals surface area contributed by atoms with Gasteiger partial charge in [-0.15, -0.1) is 0 Å². The molecule has 4 rings (SSSR count). The van der Waals surface area contributed by atoms with Gasteiger partial charge in [-0.3, -0.25) is 9.78 Å². The van der Waals surface area contributed by atoms with Crippen molar-refractivity contribution in [3.8, 4) is 11.3 Å². The molecule has 0 saturated heterocycles. The summed E-state index contributed by atoms with van der Waals surface area (Å²) in [5.74, 6) is 0.472. The number of hydrogen-bond donors (Lipinski definition) is 3. The van der Waals surface area contributed by atoms with E-state index in [4.69, 9.17) is 5.73 Å². The average molecular weight is 320 g/mol. The van der Waals surface area contributed by atoms with Gasteiger partial charge in [-0.25, -0.2) is 4.98 Å². The quantitative estimate of drug-likeness (QED) is 0.498. The minimum atomic E-state index is 0.472. The first-order chi connectivity index (χ1) is 11.7. The van der Waals surface area contributed by atoms with Crippen molar-refractivity contribution in [2.45, 2.75) is 13.5 Å². The predicted octanol–water partition coefficient (Wildman–Crippen LogP) is 2.56. The van der Waals surface area contributed by atoms with Gasteiger partial charge < -0.3 is 11.1 Å². The van der Waals surface area contributed by atoms with Crippen LogP contribution in [-0.4, -0.2) is 29.9 Å². The Morgan fingerprint density at radius 3 is 2.96 bits per heavy atom. The van der Waals surface area contributed by atoms with Crippen LogP contribution in [0.5, 0.6) is 0 Å². The number of nitrogen functional groups attached to an aromatic ring is 1. The minimum absolute atomic E-state index is 0.472. The highest BCUT2D eigenvalue weighted by molar-refractivity contribution is 5.91. The van der Waals surface area contributed by atoms with Crippen LogP contribution in [-0.2, 0) is 6.54 Å². The van der Waals surface area contributed by atoms with E-state index in [0.29, 0.717) is 17.3 Å². The van der Waals surface area contributed by atoms with Crippen LogP contribution < -0.4 is 11.1 Å². The maximum Gasteiger partial charge on any atom is 0.229 e. The molecule has 0 aliphatic carbocycles. The van der Waals surface area contributed by atoms with E-state index >= 15 is 0 Å². The molecule has 8 heteroatoms. The molecule has 0 saturated carbocycles. The number of hydrogen-bond acceptors (Lipinski definition) is 6. The van der Waals surface area contributed by atoms with E-state index in [0.717, 1.165) is 28.9 Å². The van der Waals surface area contributed by atoms with Crippen LogP contribution in [0.2, 0.25) is 0 Å². The second-order valence-electron chi connectivity index (χ2n) is 5.36. The Morgan fingerprint density at radius 1 is 1.25 bits per heavy atom. The number of rotatable bonds is 4. The maximum atomic E-state index is 5.90. The molecule has 0 atom stereocenters. The van der Waals surface area contributed by atoms with Gasteiger partial charge in [0.1, 0.15) is 0 Å². The molecule has 3 aromatic heterocycles. The number of aromatic nitrogens is 6. The highest BCUT2D eigenvalue weighted by Crippen LogP contribution is 2.28. The lowest BCUT2D eigenvalue weighted by Gasteiger charge is -2.07. The van der Waals surface area contributed by atoms with Crippen molar-refractivity contribution in [3.05, 3.63) is 42.9 Å². The molecule has 3 heterocycles. The Balaban J connectivity index is 1.80. The van der Waals surface area contributed by atoms with Crippen molar-refractivity contribution < 1.29 is 0 Å². The lowest BCUT2D eigenvalue weighted by Crippen LogP contribution is -1.99. The molecule has 120 valence electrons. The van der Waals surface area contributed by atoms with Gasteiger partial charge in [0.15, 0.2) is 5.65 Å². The van der Waals surface area contributed by atoms with Crippen LogP contribution >= 0.6 is 0 Å². The van der Waals surface area contributed by atoms with Crippen LogP contribution in [0.25, 0.3) is 22.3 Å². The first-order valence-corrected chi connectivity index (χ1v) is 7.59. The molecule has 4 N–H and O–H groups in total. The molecule has 0 unspecified atom stereocenters. The number of aryl methyl sites for hydroxylation is 1. The molecule has 24 heavy (non-hydrogen) atoms. The van der Waals surface area contributed by atoms with Gasteiger partial charge in [-0.05, 0) is 19.1 Å². The molecule has 0 bridgehead atoms.